The van der Waals surface area contributed by atoms with Gasteiger partial charge in [-0.1, -0.05) is 126 Å². The number of aryl methyl sites for hydroxylation is 4. The van der Waals surface area contributed by atoms with E-state index >= 15 is 0 Å². The van der Waals surface area contributed by atoms with Crippen LogP contribution in [0.2, 0.25) is 0 Å². The van der Waals surface area contributed by atoms with Crippen LogP contribution < -0.4 is 10.9 Å². The van der Waals surface area contributed by atoms with Crippen LogP contribution in [0.5, 0.6) is 0 Å². The van der Waals surface area contributed by atoms with Gasteiger partial charge in [0.15, 0.2) is 7.28 Å². The predicted octanol–water partition coefficient (Wildman–Crippen LogP) is 6.76. The summed E-state index contributed by atoms with van der Waals surface area (Å²) < 4.78 is 0. The van der Waals surface area contributed by atoms with Crippen LogP contribution in [0, 0.1) is 27.7 Å². The van der Waals surface area contributed by atoms with Crippen LogP contribution in [0.4, 0.5) is 0 Å². The smallest absolute Gasteiger partial charge is 0.0728 e. The zero-order valence-corrected chi connectivity index (χ0v) is 20.3. The summed E-state index contributed by atoms with van der Waals surface area (Å²) in [6.45, 7) is 13.5. The second-order valence-corrected chi connectivity index (χ2v) is 9.50. The summed E-state index contributed by atoms with van der Waals surface area (Å²) in [7, 11) is 0.983. The maximum absolute atomic E-state index is 2.36. The Balaban J connectivity index is 1.65. The fraction of sp³-hybridized carbons (Fsp3) is 0.226. The fourth-order valence-corrected chi connectivity index (χ4v) is 4.75. The number of rotatable bonds is 5. The van der Waals surface area contributed by atoms with Crippen molar-refractivity contribution in [1.29, 1.82) is 0 Å². The summed E-state index contributed by atoms with van der Waals surface area (Å²) in [6, 6.07) is 29.1. The normalized spacial score (nSPS) is 11.1. The Morgan fingerprint density at radius 3 is 1.31 bits per heavy atom. The van der Waals surface area contributed by atoms with Crippen LogP contribution in [0.15, 0.2) is 78.9 Å². The van der Waals surface area contributed by atoms with E-state index in [4.69, 9.17) is 0 Å². The third kappa shape index (κ3) is 4.58. The predicted molar refractivity (Wildman–Crippen MR) is 143 cm³/mol. The fourth-order valence-electron chi connectivity index (χ4n) is 4.75. The molecule has 0 saturated carbocycles. The molecule has 4 aromatic rings. The molecule has 0 aliphatic rings. The van der Waals surface area contributed by atoms with Gasteiger partial charge >= 0.3 is 0 Å². The van der Waals surface area contributed by atoms with Gasteiger partial charge in [0.2, 0.25) is 0 Å². The molecule has 4 aromatic carbocycles. The maximum atomic E-state index is 2.36. The van der Waals surface area contributed by atoms with E-state index in [0.29, 0.717) is 5.92 Å². The second-order valence-electron chi connectivity index (χ2n) is 9.50. The van der Waals surface area contributed by atoms with Gasteiger partial charge in [0, 0.05) is 0 Å². The molecule has 32 heavy (non-hydrogen) atoms. The molecule has 1 heteroatoms. The Morgan fingerprint density at radius 2 is 0.906 bits per heavy atom. The van der Waals surface area contributed by atoms with Crippen molar-refractivity contribution < 1.29 is 0 Å². The van der Waals surface area contributed by atoms with Gasteiger partial charge < -0.3 is 0 Å². The number of hydrogen-bond donors (Lipinski definition) is 0. The molecule has 160 valence electrons. The Hall–Kier alpha value is -3.06. The van der Waals surface area contributed by atoms with Gasteiger partial charge in [-0.25, -0.2) is 0 Å². The largest absolute Gasteiger partial charge is 0.193 e. The van der Waals surface area contributed by atoms with E-state index in [0.717, 1.165) is 7.28 Å². The molecule has 0 amide bonds. The summed E-state index contributed by atoms with van der Waals surface area (Å²) in [5.74, 6) is 0.564. The molecular formula is C31H33B. The minimum atomic E-state index is 0.564. The van der Waals surface area contributed by atoms with Gasteiger partial charge in [0.25, 0.3) is 0 Å². The molecular weight excluding hydrogens is 383 g/mol. The second kappa shape index (κ2) is 9.21. The van der Waals surface area contributed by atoms with Gasteiger partial charge in [-0.3, -0.25) is 0 Å². The van der Waals surface area contributed by atoms with E-state index in [2.05, 4.69) is 120 Å². The van der Waals surface area contributed by atoms with E-state index in [1.54, 1.807) is 0 Å². The molecule has 0 atom stereocenters. The molecule has 0 radical (unpaired) electrons. The van der Waals surface area contributed by atoms with Crippen molar-refractivity contribution >= 4 is 18.2 Å². The van der Waals surface area contributed by atoms with Crippen molar-refractivity contribution in [2.75, 3.05) is 0 Å². The van der Waals surface area contributed by atoms with Crippen molar-refractivity contribution in [3.8, 4) is 22.3 Å². The lowest BCUT2D eigenvalue weighted by Crippen LogP contribution is -2.34. The molecule has 0 N–H and O–H groups in total. The molecule has 0 nitrogen and oxygen atoms in total. The topological polar surface area (TPSA) is 0 Å². The number of benzene rings is 4. The summed E-state index contributed by atoms with van der Waals surface area (Å²) in [6.07, 6.45) is 0. The van der Waals surface area contributed by atoms with Gasteiger partial charge in [-0.05, 0) is 61.4 Å². The summed E-state index contributed by atoms with van der Waals surface area (Å²) in [5.41, 5.74) is 15.0. The quantitative estimate of drug-likeness (QED) is 0.315. The molecule has 4 rings (SSSR count). The van der Waals surface area contributed by atoms with Gasteiger partial charge in [-0.2, -0.15) is 0 Å². The van der Waals surface area contributed by atoms with Crippen LogP contribution in [0.1, 0.15) is 47.6 Å². The molecule has 0 fully saturated rings. The van der Waals surface area contributed by atoms with Gasteiger partial charge in [-0.15, -0.1) is 0 Å². The molecule has 0 aliphatic carbocycles. The third-order valence-corrected chi connectivity index (χ3v) is 6.76. The average molecular weight is 416 g/mol. The van der Waals surface area contributed by atoms with Crippen LogP contribution in [0.25, 0.3) is 22.3 Å². The summed E-state index contributed by atoms with van der Waals surface area (Å²) in [4.78, 5) is 0. The highest BCUT2D eigenvalue weighted by Crippen LogP contribution is 2.25. The lowest BCUT2D eigenvalue weighted by Gasteiger charge is -2.17. The Kier molecular flexibility index (Phi) is 6.37. The first-order chi connectivity index (χ1) is 15.3. The third-order valence-electron chi connectivity index (χ3n) is 6.76. The first kappa shape index (κ1) is 22.2. The van der Waals surface area contributed by atoms with Gasteiger partial charge in [0.1, 0.15) is 0 Å². The van der Waals surface area contributed by atoms with E-state index in [1.807, 2.05) is 0 Å². The lowest BCUT2D eigenvalue weighted by atomic mass is 9.58. The number of hydrogen-bond acceptors (Lipinski definition) is 0. The highest BCUT2D eigenvalue weighted by atomic mass is 14.1. The molecule has 0 aromatic heterocycles. The summed E-state index contributed by atoms with van der Waals surface area (Å²) in [5, 5.41) is 0. The van der Waals surface area contributed by atoms with Crippen LogP contribution in [-0.4, -0.2) is 7.28 Å². The summed E-state index contributed by atoms with van der Waals surface area (Å²) >= 11 is 0. The standard InChI is InChI=1S/C31H33B/c1-20(2)25-12-14-27(15-13-25)29-18-23(5)31(24(6)19-29)32-30-21(3)16-28(17-22(30)4)26-10-8-7-9-11-26/h7-20,32H,1-6H3. The minimum Gasteiger partial charge on any atom is -0.0728 e. The molecule has 0 heterocycles. The van der Waals surface area contributed by atoms with Crippen molar-refractivity contribution in [1.82, 2.24) is 0 Å². The molecule has 0 bridgehead atoms. The monoisotopic (exact) mass is 416 g/mol. The van der Waals surface area contributed by atoms with Crippen molar-refractivity contribution in [2.45, 2.75) is 47.5 Å². The van der Waals surface area contributed by atoms with Crippen molar-refractivity contribution in [3.05, 3.63) is 107 Å². The van der Waals surface area contributed by atoms with Gasteiger partial charge in [0.05, 0.1) is 0 Å². The molecule has 0 aliphatic heterocycles. The average Bonchev–Trinajstić information content (AvgIpc) is 2.78. The zero-order chi connectivity index (χ0) is 22.8. The Labute approximate surface area is 194 Å². The van der Waals surface area contributed by atoms with Crippen LogP contribution >= 0.6 is 0 Å². The van der Waals surface area contributed by atoms with Crippen LogP contribution in [-0.2, 0) is 0 Å². The van der Waals surface area contributed by atoms with E-state index in [-0.39, 0.29) is 0 Å². The molecule has 0 spiro atoms. The minimum absolute atomic E-state index is 0.564. The Morgan fingerprint density at radius 1 is 0.500 bits per heavy atom. The Bertz CT molecular complexity index is 1190. The zero-order valence-electron chi connectivity index (χ0n) is 20.3. The first-order valence-electron chi connectivity index (χ1n) is 11.7. The lowest BCUT2D eigenvalue weighted by molar-refractivity contribution is 0.867. The highest BCUT2D eigenvalue weighted by molar-refractivity contribution is 6.69. The molecule has 0 saturated heterocycles. The maximum Gasteiger partial charge on any atom is 0.193 e. The molecule has 0 unspecified atom stereocenters. The van der Waals surface area contributed by atoms with Crippen molar-refractivity contribution in [2.24, 2.45) is 0 Å². The van der Waals surface area contributed by atoms with Crippen molar-refractivity contribution in [3.63, 3.8) is 0 Å². The van der Waals surface area contributed by atoms with E-state index < -0.39 is 0 Å². The first-order valence-corrected chi connectivity index (χ1v) is 11.7. The van der Waals surface area contributed by atoms with E-state index in [1.165, 1.54) is 61.0 Å². The van der Waals surface area contributed by atoms with E-state index in [9.17, 15) is 0 Å². The SMILES string of the molecule is Cc1cc(-c2ccccc2)cc(C)c1Bc1c(C)cc(-c2ccc(C(C)C)cc2)cc1C. The van der Waals surface area contributed by atoms with Crippen LogP contribution in [0.3, 0.4) is 0 Å². The highest BCUT2D eigenvalue weighted by Gasteiger charge is 2.14.